The first-order valence-corrected chi connectivity index (χ1v) is 12.0. The molecular formula is C25H23N3O4S. The molecule has 168 valence electrons. The number of carbonyl (C=O) groups is 1. The van der Waals surface area contributed by atoms with Gasteiger partial charge in [0.1, 0.15) is 5.75 Å². The van der Waals surface area contributed by atoms with Crippen LogP contribution in [0.4, 0.5) is 11.4 Å². The fourth-order valence-electron chi connectivity index (χ4n) is 3.73. The van der Waals surface area contributed by atoms with Crippen molar-refractivity contribution < 1.29 is 17.9 Å². The Morgan fingerprint density at radius 2 is 1.76 bits per heavy atom. The molecule has 0 saturated heterocycles. The molecule has 1 aliphatic heterocycles. The maximum atomic E-state index is 13.2. The standard InChI is InChI=1S/C25H23N3O4S/c26-16-15-19-7-9-21(10-8-19)27-25(29)18-32-22-11-13-23(14-12-22)33(30,31)28-17-3-5-20-4-1-2-6-24(20)28/h1-2,4,6-14H,3,5,15,17-18H2,(H,27,29). The van der Waals surface area contributed by atoms with Crippen molar-refractivity contribution >= 4 is 27.3 Å². The van der Waals surface area contributed by atoms with Crippen molar-refractivity contribution in [2.45, 2.75) is 24.2 Å². The third kappa shape index (κ3) is 5.16. The van der Waals surface area contributed by atoms with Gasteiger partial charge in [-0.2, -0.15) is 5.26 Å². The Balaban J connectivity index is 1.37. The van der Waals surface area contributed by atoms with Gasteiger partial charge in [0.15, 0.2) is 6.61 Å². The van der Waals surface area contributed by atoms with Gasteiger partial charge in [-0.15, -0.1) is 0 Å². The first kappa shape index (κ1) is 22.4. The summed E-state index contributed by atoms with van der Waals surface area (Å²) in [6.07, 6.45) is 1.95. The molecule has 0 aliphatic carbocycles. The number of nitriles is 1. The summed E-state index contributed by atoms with van der Waals surface area (Å²) in [5.41, 5.74) is 3.22. The number of nitrogens with one attached hydrogen (secondary N) is 1. The summed E-state index contributed by atoms with van der Waals surface area (Å²) >= 11 is 0. The summed E-state index contributed by atoms with van der Waals surface area (Å²) in [7, 11) is -3.69. The molecule has 0 saturated carbocycles. The number of para-hydroxylation sites is 1. The Labute approximate surface area is 193 Å². The molecule has 0 fully saturated rings. The van der Waals surface area contributed by atoms with Crippen molar-refractivity contribution in [3.63, 3.8) is 0 Å². The summed E-state index contributed by atoms with van der Waals surface area (Å²) in [6.45, 7) is 0.223. The van der Waals surface area contributed by atoms with Crippen LogP contribution in [0, 0.1) is 11.3 Å². The van der Waals surface area contributed by atoms with Crippen LogP contribution in [0.25, 0.3) is 0 Å². The second-order valence-electron chi connectivity index (χ2n) is 7.65. The predicted octanol–water partition coefficient (Wildman–Crippen LogP) is 3.91. The minimum atomic E-state index is -3.69. The van der Waals surface area contributed by atoms with Crippen LogP contribution < -0.4 is 14.4 Å². The van der Waals surface area contributed by atoms with Gasteiger partial charge in [-0.1, -0.05) is 30.3 Å². The highest BCUT2D eigenvalue weighted by Gasteiger charge is 2.28. The van der Waals surface area contributed by atoms with Gasteiger partial charge >= 0.3 is 0 Å². The van der Waals surface area contributed by atoms with Crippen LogP contribution in [0.5, 0.6) is 5.75 Å². The zero-order chi connectivity index (χ0) is 23.3. The Hall–Kier alpha value is -3.83. The van der Waals surface area contributed by atoms with Gasteiger partial charge in [0.2, 0.25) is 0 Å². The molecule has 1 aliphatic rings. The number of sulfonamides is 1. The molecule has 8 heteroatoms. The second kappa shape index (κ2) is 9.76. The van der Waals surface area contributed by atoms with E-state index in [1.807, 2.05) is 24.3 Å². The number of hydrogen-bond donors (Lipinski definition) is 1. The van der Waals surface area contributed by atoms with E-state index in [1.54, 1.807) is 36.4 Å². The van der Waals surface area contributed by atoms with E-state index in [2.05, 4.69) is 11.4 Å². The van der Waals surface area contributed by atoms with E-state index in [0.717, 1.165) is 29.7 Å². The number of fused-ring (bicyclic) bond motifs is 1. The first-order valence-electron chi connectivity index (χ1n) is 10.6. The van der Waals surface area contributed by atoms with Crippen LogP contribution in [-0.2, 0) is 27.7 Å². The molecule has 1 amide bonds. The van der Waals surface area contributed by atoms with Crippen LogP contribution in [0.15, 0.2) is 77.7 Å². The van der Waals surface area contributed by atoms with Crippen molar-refractivity contribution in [2.75, 3.05) is 22.8 Å². The largest absolute Gasteiger partial charge is 0.484 e. The van der Waals surface area contributed by atoms with E-state index in [9.17, 15) is 13.2 Å². The lowest BCUT2D eigenvalue weighted by molar-refractivity contribution is -0.118. The zero-order valence-corrected chi connectivity index (χ0v) is 18.7. The van der Waals surface area contributed by atoms with E-state index < -0.39 is 10.0 Å². The summed E-state index contributed by atoms with van der Waals surface area (Å²) in [5.74, 6) is 0.0529. The third-order valence-electron chi connectivity index (χ3n) is 5.37. The highest BCUT2D eigenvalue weighted by atomic mass is 32.2. The number of carbonyl (C=O) groups excluding carboxylic acids is 1. The number of amides is 1. The first-order chi connectivity index (χ1) is 16.0. The van der Waals surface area contributed by atoms with Gasteiger partial charge < -0.3 is 10.1 Å². The molecule has 0 radical (unpaired) electrons. The molecule has 4 rings (SSSR count). The van der Waals surface area contributed by atoms with Crippen LogP contribution in [0.2, 0.25) is 0 Å². The molecule has 0 aromatic heterocycles. The van der Waals surface area contributed by atoms with E-state index >= 15 is 0 Å². The SMILES string of the molecule is N#CCc1ccc(NC(=O)COc2ccc(S(=O)(=O)N3CCCc4ccccc43)cc2)cc1. The maximum absolute atomic E-state index is 13.2. The van der Waals surface area contributed by atoms with Crippen molar-refractivity contribution in [1.29, 1.82) is 5.26 Å². The summed E-state index contributed by atoms with van der Waals surface area (Å²) in [4.78, 5) is 12.3. The number of benzene rings is 3. The van der Waals surface area contributed by atoms with Gasteiger partial charge in [0.25, 0.3) is 15.9 Å². The molecule has 33 heavy (non-hydrogen) atoms. The van der Waals surface area contributed by atoms with Crippen LogP contribution >= 0.6 is 0 Å². The lowest BCUT2D eigenvalue weighted by atomic mass is 10.0. The zero-order valence-electron chi connectivity index (χ0n) is 17.9. The molecular weight excluding hydrogens is 438 g/mol. The number of ether oxygens (including phenoxy) is 1. The van der Waals surface area contributed by atoms with E-state index in [4.69, 9.17) is 10.00 Å². The van der Waals surface area contributed by atoms with Crippen molar-refractivity contribution in [3.05, 3.63) is 83.9 Å². The molecule has 0 spiro atoms. The lowest BCUT2D eigenvalue weighted by Gasteiger charge is -2.30. The number of nitrogens with zero attached hydrogens (tertiary/aromatic N) is 2. The Bertz CT molecular complexity index is 1280. The molecule has 0 atom stereocenters. The van der Waals surface area contributed by atoms with E-state index in [0.29, 0.717) is 24.4 Å². The molecule has 3 aromatic carbocycles. The van der Waals surface area contributed by atoms with Gasteiger partial charge in [-0.3, -0.25) is 9.10 Å². The average molecular weight is 462 g/mol. The van der Waals surface area contributed by atoms with Crippen molar-refractivity contribution in [1.82, 2.24) is 0 Å². The highest BCUT2D eigenvalue weighted by Crippen LogP contribution is 2.32. The smallest absolute Gasteiger partial charge is 0.264 e. The number of anilines is 2. The lowest BCUT2D eigenvalue weighted by Crippen LogP contribution is -2.35. The van der Waals surface area contributed by atoms with Crippen molar-refractivity contribution in [3.8, 4) is 11.8 Å². The predicted molar refractivity (Wildman–Crippen MR) is 126 cm³/mol. The highest BCUT2D eigenvalue weighted by molar-refractivity contribution is 7.92. The molecule has 7 nitrogen and oxygen atoms in total. The normalized spacial score (nSPS) is 13.0. The number of aryl methyl sites for hydroxylation is 1. The quantitative estimate of drug-likeness (QED) is 0.575. The topological polar surface area (TPSA) is 99.5 Å². The van der Waals surface area contributed by atoms with Crippen LogP contribution in [0.1, 0.15) is 17.5 Å². The van der Waals surface area contributed by atoms with Crippen molar-refractivity contribution in [2.24, 2.45) is 0 Å². The average Bonchev–Trinajstić information content (AvgIpc) is 2.84. The fourth-order valence-corrected chi connectivity index (χ4v) is 5.27. The summed E-state index contributed by atoms with van der Waals surface area (Å²) < 4.78 is 33.4. The van der Waals surface area contributed by atoms with Gasteiger partial charge in [-0.25, -0.2) is 8.42 Å². The van der Waals surface area contributed by atoms with Crippen LogP contribution in [-0.4, -0.2) is 27.5 Å². The summed E-state index contributed by atoms with van der Waals surface area (Å²) in [6, 6.07) is 22.7. The number of rotatable bonds is 7. The van der Waals surface area contributed by atoms with Gasteiger partial charge in [-0.05, 0) is 66.4 Å². The van der Waals surface area contributed by atoms with Crippen LogP contribution in [0.3, 0.4) is 0 Å². The Morgan fingerprint density at radius 1 is 1.03 bits per heavy atom. The molecule has 3 aromatic rings. The number of hydrogen-bond acceptors (Lipinski definition) is 5. The fraction of sp³-hybridized carbons (Fsp3) is 0.200. The molecule has 1 N–H and O–H groups in total. The summed E-state index contributed by atoms with van der Waals surface area (Å²) in [5, 5.41) is 11.4. The molecule has 0 bridgehead atoms. The Morgan fingerprint density at radius 3 is 2.48 bits per heavy atom. The Kier molecular flexibility index (Phi) is 6.61. The second-order valence-corrected chi connectivity index (χ2v) is 9.51. The monoisotopic (exact) mass is 461 g/mol. The van der Waals surface area contributed by atoms with Gasteiger partial charge in [0, 0.05) is 12.2 Å². The minimum Gasteiger partial charge on any atom is -0.484 e. The van der Waals surface area contributed by atoms with Gasteiger partial charge in [0.05, 0.1) is 23.1 Å². The van der Waals surface area contributed by atoms with E-state index in [-0.39, 0.29) is 17.4 Å². The minimum absolute atomic E-state index is 0.175. The molecule has 0 unspecified atom stereocenters. The maximum Gasteiger partial charge on any atom is 0.264 e. The third-order valence-corrected chi connectivity index (χ3v) is 7.20. The molecule has 1 heterocycles. The van der Waals surface area contributed by atoms with E-state index in [1.165, 1.54) is 16.4 Å².